The van der Waals surface area contributed by atoms with Crippen molar-refractivity contribution >= 4 is 23.1 Å². The molecule has 1 amide bonds. The fraction of sp³-hybridized carbons (Fsp3) is 0.290. The molecule has 1 N–H and O–H groups in total. The third-order valence-corrected chi connectivity index (χ3v) is 6.81. The predicted octanol–water partition coefficient (Wildman–Crippen LogP) is 6.24. The number of aliphatic hydroxyl groups is 1. The van der Waals surface area contributed by atoms with Crippen LogP contribution in [0.5, 0.6) is 11.5 Å². The second-order valence-electron chi connectivity index (χ2n) is 10.4. The fourth-order valence-electron chi connectivity index (χ4n) is 4.76. The first-order valence-corrected chi connectivity index (χ1v) is 12.2. The van der Waals surface area contributed by atoms with Gasteiger partial charge in [0.25, 0.3) is 11.7 Å². The zero-order valence-electron chi connectivity index (χ0n) is 22.4. The monoisotopic (exact) mass is 499 g/mol. The minimum Gasteiger partial charge on any atom is -0.507 e. The summed E-state index contributed by atoms with van der Waals surface area (Å²) in [7, 11) is 3.09. The first-order chi connectivity index (χ1) is 17.5. The molecule has 1 heterocycles. The Labute approximate surface area is 218 Å². The third-order valence-electron chi connectivity index (χ3n) is 6.81. The summed E-state index contributed by atoms with van der Waals surface area (Å²) < 4.78 is 10.9. The van der Waals surface area contributed by atoms with Crippen LogP contribution in [-0.2, 0) is 15.0 Å². The van der Waals surface area contributed by atoms with Gasteiger partial charge in [-0.1, -0.05) is 56.7 Å². The summed E-state index contributed by atoms with van der Waals surface area (Å²) in [6.45, 7) is 10.1. The number of amides is 1. The van der Waals surface area contributed by atoms with Gasteiger partial charge in [-0.05, 0) is 66.3 Å². The molecule has 4 rings (SSSR count). The second kappa shape index (κ2) is 9.77. The summed E-state index contributed by atoms with van der Waals surface area (Å²) in [5, 5.41) is 11.7. The minimum atomic E-state index is -0.838. The lowest BCUT2D eigenvalue weighted by atomic mass is 9.85. The molecule has 1 atom stereocenters. The molecule has 1 saturated heterocycles. The molecule has 6 heteroatoms. The van der Waals surface area contributed by atoms with Crippen molar-refractivity contribution < 1.29 is 24.2 Å². The number of rotatable bonds is 5. The van der Waals surface area contributed by atoms with E-state index in [1.807, 2.05) is 56.3 Å². The number of ether oxygens (including phenoxy) is 2. The molecule has 192 valence electrons. The average Bonchev–Trinajstić information content (AvgIpc) is 3.13. The summed E-state index contributed by atoms with van der Waals surface area (Å²) in [5.41, 5.74) is 4.32. The van der Waals surface area contributed by atoms with Crippen LogP contribution < -0.4 is 14.4 Å². The van der Waals surface area contributed by atoms with E-state index in [1.54, 1.807) is 25.3 Å². The first kappa shape index (κ1) is 26.0. The van der Waals surface area contributed by atoms with Gasteiger partial charge in [0.05, 0.1) is 31.4 Å². The van der Waals surface area contributed by atoms with E-state index < -0.39 is 17.7 Å². The molecule has 1 aliphatic heterocycles. The molecule has 3 aromatic carbocycles. The van der Waals surface area contributed by atoms with Gasteiger partial charge >= 0.3 is 0 Å². The fourth-order valence-corrected chi connectivity index (χ4v) is 4.76. The number of nitrogens with zero attached hydrogens (tertiary/aromatic N) is 1. The Balaban J connectivity index is 2.01. The normalized spacial score (nSPS) is 17.3. The number of hydrogen-bond acceptors (Lipinski definition) is 5. The quantitative estimate of drug-likeness (QED) is 0.255. The van der Waals surface area contributed by atoms with Crippen LogP contribution in [0.4, 0.5) is 5.69 Å². The summed E-state index contributed by atoms with van der Waals surface area (Å²) >= 11 is 0. The van der Waals surface area contributed by atoms with Gasteiger partial charge in [0.1, 0.15) is 17.3 Å². The number of carbonyl (C=O) groups excluding carboxylic acids is 2. The van der Waals surface area contributed by atoms with Crippen LogP contribution in [0.15, 0.2) is 66.2 Å². The Morgan fingerprint density at radius 3 is 2.14 bits per heavy atom. The zero-order valence-corrected chi connectivity index (χ0v) is 22.4. The van der Waals surface area contributed by atoms with Gasteiger partial charge in [-0.25, -0.2) is 0 Å². The molecule has 1 unspecified atom stereocenters. The summed E-state index contributed by atoms with van der Waals surface area (Å²) in [4.78, 5) is 28.6. The van der Waals surface area contributed by atoms with Crippen molar-refractivity contribution in [3.63, 3.8) is 0 Å². The van der Waals surface area contributed by atoms with Crippen LogP contribution in [0, 0.1) is 13.8 Å². The van der Waals surface area contributed by atoms with Crippen LogP contribution in [0.3, 0.4) is 0 Å². The standard InChI is InChI=1S/C31H33NO5/c1-18-8-14-24(19(2)16-18)32-27(20-9-12-22(36-6)13-10-20)26(29(34)30(32)35)28(33)23-17-21(31(3,4)5)11-15-25(23)37-7/h8-17,27,33H,1-7H3/b28-26+. The van der Waals surface area contributed by atoms with E-state index in [2.05, 4.69) is 20.8 Å². The Hall–Kier alpha value is -4.06. The van der Waals surface area contributed by atoms with Crippen molar-refractivity contribution in [2.24, 2.45) is 0 Å². The lowest BCUT2D eigenvalue weighted by Gasteiger charge is -2.27. The number of benzene rings is 3. The van der Waals surface area contributed by atoms with Crippen LogP contribution in [-0.4, -0.2) is 31.0 Å². The summed E-state index contributed by atoms with van der Waals surface area (Å²) in [6, 6.07) is 17.6. The molecule has 1 aliphatic rings. The number of Topliss-reactive ketones (excluding diaryl/α,β-unsaturated/α-hetero) is 1. The largest absolute Gasteiger partial charge is 0.507 e. The number of aryl methyl sites for hydroxylation is 2. The molecule has 6 nitrogen and oxygen atoms in total. The minimum absolute atomic E-state index is 0.0134. The molecule has 0 saturated carbocycles. The highest BCUT2D eigenvalue weighted by atomic mass is 16.5. The van der Waals surface area contributed by atoms with Crippen LogP contribution in [0.1, 0.15) is 54.6 Å². The van der Waals surface area contributed by atoms with Crippen molar-refractivity contribution in [1.29, 1.82) is 0 Å². The van der Waals surface area contributed by atoms with Gasteiger partial charge in [-0.15, -0.1) is 0 Å². The van der Waals surface area contributed by atoms with Gasteiger partial charge < -0.3 is 14.6 Å². The Morgan fingerprint density at radius 1 is 0.892 bits per heavy atom. The molecule has 3 aromatic rings. The van der Waals surface area contributed by atoms with Gasteiger partial charge in [0.15, 0.2) is 0 Å². The number of carbonyl (C=O) groups is 2. The summed E-state index contributed by atoms with van der Waals surface area (Å²) in [6.07, 6.45) is 0. The van der Waals surface area contributed by atoms with Gasteiger partial charge in [-0.3, -0.25) is 14.5 Å². The third kappa shape index (κ3) is 4.71. The molecule has 0 aromatic heterocycles. The van der Waals surface area contributed by atoms with Crippen LogP contribution >= 0.6 is 0 Å². The topological polar surface area (TPSA) is 76.1 Å². The van der Waals surface area contributed by atoms with E-state index in [-0.39, 0.29) is 16.7 Å². The maximum Gasteiger partial charge on any atom is 0.300 e. The Bertz CT molecular complexity index is 1400. The molecule has 0 aliphatic carbocycles. The lowest BCUT2D eigenvalue weighted by molar-refractivity contribution is -0.132. The number of ketones is 1. The van der Waals surface area contributed by atoms with E-state index in [4.69, 9.17) is 9.47 Å². The number of hydrogen-bond donors (Lipinski definition) is 1. The highest BCUT2D eigenvalue weighted by Gasteiger charge is 2.47. The molecular formula is C31H33NO5. The molecule has 0 spiro atoms. The molecule has 0 bridgehead atoms. The SMILES string of the molecule is COc1ccc(C2/C(=C(\O)c3cc(C(C)(C)C)ccc3OC)C(=O)C(=O)N2c2ccc(C)cc2C)cc1. The lowest BCUT2D eigenvalue weighted by Crippen LogP contribution is -2.30. The van der Waals surface area contributed by atoms with E-state index in [0.717, 1.165) is 16.7 Å². The van der Waals surface area contributed by atoms with Gasteiger partial charge in [0, 0.05) is 5.69 Å². The molecule has 37 heavy (non-hydrogen) atoms. The Kier molecular flexibility index (Phi) is 6.87. The van der Waals surface area contributed by atoms with Crippen molar-refractivity contribution in [2.75, 3.05) is 19.1 Å². The summed E-state index contributed by atoms with van der Waals surface area (Å²) in [5.74, 6) is -0.653. The van der Waals surface area contributed by atoms with Crippen molar-refractivity contribution in [1.82, 2.24) is 0 Å². The van der Waals surface area contributed by atoms with Crippen LogP contribution in [0.25, 0.3) is 5.76 Å². The zero-order chi connectivity index (χ0) is 27.1. The maximum absolute atomic E-state index is 13.6. The molecular weight excluding hydrogens is 466 g/mol. The number of aliphatic hydroxyl groups excluding tert-OH is 1. The first-order valence-electron chi connectivity index (χ1n) is 12.2. The van der Waals surface area contributed by atoms with E-state index in [0.29, 0.717) is 28.3 Å². The maximum atomic E-state index is 13.6. The molecule has 0 radical (unpaired) electrons. The molecule has 1 fully saturated rings. The van der Waals surface area contributed by atoms with E-state index in [9.17, 15) is 14.7 Å². The van der Waals surface area contributed by atoms with Crippen molar-refractivity contribution in [2.45, 2.75) is 46.1 Å². The van der Waals surface area contributed by atoms with E-state index >= 15 is 0 Å². The van der Waals surface area contributed by atoms with E-state index in [1.165, 1.54) is 12.0 Å². The highest BCUT2D eigenvalue weighted by Crippen LogP contribution is 2.45. The predicted molar refractivity (Wildman–Crippen MR) is 145 cm³/mol. The van der Waals surface area contributed by atoms with Gasteiger partial charge in [0.2, 0.25) is 0 Å². The van der Waals surface area contributed by atoms with Crippen molar-refractivity contribution in [3.05, 3.63) is 94.1 Å². The smallest absolute Gasteiger partial charge is 0.300 e. The highest BCUT2D eigenvalue weighted by molar-refractivity contribution is 6.51. The van der Waals surface area contributed by atoms with Gasteiger partial charge in [-0.2, -0.15) is 0 Å². The van der Waals surface area contributed by atoms with Crippen LogP contribution in [0.2, 0.25) is 0 Å². The average molecular weight is 500 g/mol. The number of anilines is 1. The Morgan fingerprint density at radius 2 is 1.57 bits per heavy atom. The second-order valence-corrected chi connectivity index (χ2v) is 10.4. The number of methoxy groups -OCH3 is 2. The van der Waals surface area contributed by atoms with Crippen molar-refractivity contribution in [3.8, 4) is 11.5 Å².